The van der Waals surface area contributed by atoms with E-state index in [2.05, 4.69) is 10.6 Å². The number of amides is 3. The molecular formula is C29H35N3O4. The molecule has 3 aromatic rings. The average Bonchev–Trinajstić information content (AvgIpc) is 2.81. The molecule has 0 heterocycles. The van der Waals surface area contributed by atoms with Gasteiger partial charge in [0.25, 0.3) is 5.91 Å². The standard InChI is InChI=1S/C29H35N3O4/c1-6-16-32(25(33)19-30-28(35)36-29(3,4)5)26(23-13-9-10-20(2)17-23)27(34)31-24-15-14-21-11-7-8-12-22(21)18-24/h7-15,17-18,26H,6,16,19H2,1-5H3,(H,30,35)(H,31,34). The smallest absolute Gasteiger partial charge is 0.408 e. The zero-order chi connectivity index (χ0) is 26.3. The molecule has 0 aliphatic rings. The molecule has 1 unspecified atom stereocenters. The molecule has 190 valence electrons. The fourth-order valence-electron chi connectivity index (χ4n) is 3.99. The lowest BCUT2D eigenvalue weighted by Gasteiger charge is -2.31. The van der Waals surface area contributed by atoms with Gasteiger partial charge in [-0.1, -0.05) is 67.1 Å². The van der Waals surface area contributed by atoms with Crippen molar-refractivity contribution < 1.29 is 19.1 Å². The molecule has 0 saturated carbocycles. The highest BCUT2D eigenvalue weighted by Crippen LogP contribution is 2.26. The lowest BCUT2D eigenvalue weighted by Crippen LogP contribution is -2.46. The first-order valence-corrected chi connectivity index (χ1v) is 12.2. The third-order valence-electron chi connectivity index (χ3n) is 5.50. The average molecular weight is 490 g/mol. The van der Waals surface area contributed by atoms with Crippen LogP contribution in [0.2, 0.25) is 0 Å². The zero-order valence-electron chi connectivity index (χ0n) is 21.6. The fourth-order valence-corrected chi connectivity index (χ4v) is 3.99. The second kappa shape index (κ2) is 11.7. The Morgan fingerprint density at radius 2 is 1.67 bits per heavy atom. The van der Waals surface area contributed by atoms with Crippen LogP contribution in [0.25, 0.3) is 10.8 Å². The van der Waals surface area contributed by atoms with Crippen LogP contribution in [0.1, 0.15) is 51.3 Å². The molecule has 7 nitrogen and oxygen atoms in total. The van der Waals surface area contributed by atoms with Crippen LogP contribution in [0, 0.1) is 6.92 Å². The largest absolute Gasteiger partial charge is 0.444 e. The molecule has 3 rings (SSSR count). The molecule has 0 spiro atoms. The van der Waals surface area contributed by atoms with Gasteiger partial charge >= 0.3 is 6.09 Å². The first-order chi connectivity index (χ1) is 17.1. The minimum atomic E-state index is -0.871. The van der Waals surface area contributed by atoms with Gasteiger partial charge in [-0.25, -0.2) is 4.79 Å². The molecule has 0 bridgehead atoms. The maximum Gasteiger partial charge on any atom is 0.408 e. The second-order valence-electron chi connectivity index (χ2n) is 9.81. The number of carbonyl (C=O) groups is 3. The number of hydrogen-bond acceptors (Lipinski definition) is 4. The quantitative estimate of drug-likeness (QED) is 0.432. The second-order valence-corrected chi connectivity index (χ2v) is 9.81. The highest BCUT2D eigenvalue weighted by atomic mass is 16.6. The van der Waals surface area contributed by atoms with Crippen LogP contribution in [0.5, 0.6) is 0 Å². The number of nitrogens with zero attached hydrogens (tertiary/aromatic N) is 1. The lowest BCUT2D eigenvalue weighted by atomic mass is 10.0. The fraction of sp³-hybridized carbons (Fsp3) is 0.345. The molecule has 0 aromatic heterocycles. The van der Waals surface area contributed by atoms with Crippen molar-refractivity contribution in [1.82, 2.24) is 10.2 Å². The zero-order valence-corrected chi connectivity index (χ0v) is 21.6. The normalized spacial score (nSPS) is 12.0. The Kier molecular flexibility index (Phi) is 8.69. The molecule has 0 fully saturated rings. The van der Waals surface area contributed by atoms with E-state index in [1.807, 2.05) is 80.6 Å². The summed E-state index contributed by atoms with van der Waals surface area (Å²) in [6.07, 6.45) is -0.0379. The Balaban J connectivity index is 1.88. The molecule has 1 atom stereocenters. The van der Waals surface area contributed by atoms with Crippen LogP contribution in [-0.2, 0) is 14.3 Å². The van der Waals surface area contributed by atoms with E-state index in [4.69, 9.17) is 4.74 Å². The molecule has 0 aliphatic heterocycles. The molecule has 0 saturated heterocycles. The Morgan fingerprint density at radius 1 is 0.944 bits per heavy atom. The molecular weight excluding hydrogens is 454 g/mol. The van der Waals surface area contributed by atoms with Crippen molar-refractivity contribution in [3.05, 3.63) is 77.9 Å². The van der Waals surface area contributed by atoms with Crippen molar-refractivity contribution in [3.63, 3.8) is 0 Å². The van der Waals surface area contributed by atoms with Gasteiger partial charge in [-0.3, -0.25) is 9.59 Å². The third-order valence-corrected chi connectivity index (χ3v) is 5.50. The predicted octanol–water partition coefficient (Wildman–Crippen LogP) is 5.59. The SMILES string of the molecule is CCCN(C(=O)CNC(=O)OC(C)(C)C)C(C(=O)Nc1ccc2ccccc2c1)c1cccc(C)c1. The van der Waals surface area contributed by atoms with Crippen LogP contribution in [-0.4, -0.2) is 41.5 Å². The molecule has 3 aromatic carbocycles. The van der Waals surface area contributed by atoms with E-state index in [-0.39, 0.29) is 18.4 Å². The minimum Gasteiger partial charge on any atom is -0.444 e. The molecule has 0 radical (unpaired) electrons. The van der Waals surface area contributed by atoms with Gasteiger partial charge in [0.1, 0.15) is 18.2 Å². The minimum absolute atomic E-state index is 0.277. The number of carbonyl (C=O) groups excluding carboxylic acids is 3. The number of ether oxygens (including phenoxy) is 1. The van der Waals surface area contributed by atoms with Gasteiger partial charge in [-0.15, -0.1) is 0 Å². The third kappa shape index (κ3) is 7.31. The van der Waals surface area contributed by atoms with Crippen LogP contribution in [0.15, 0.2) is 66.7 Å². The van der Waals surface area contributed by atoms with E-state index in [1.165, 1.54) is 4.90 Å². The lowest BCUT2D eigenvalue weighted by molar-refractivity contribution is -0.138. The number of aryl methyl sites for hydroxylation is 1. The summed E-state index contributed by atoms with van der Waals surface area (Å²) in [6.45, 7) is 9.21. The van der Waals surface area contributed by atoms with E-state index in [9.17, 15) is 14.4 Å². The molecule has 2 N–H and O–H groups in total. The molecule has 36 heavy (non-hydrogen) atoms. The van der Waals surface area contributed by atoms with Crippen LogP contribution in [0.3, 0.4) is 0 Å². The number of anilines is 1. The van der Waals surface area contributed by atoms with Crippen molar-refractivity contribution in [2.24, 2.45) is 0 Å². The van der Waals surface area contributed by atoms with E-state index in [0.29, 0.717) is 24.2 Å². The molecule has 3 amide bonds. The summed E-state index contributed by atoms with van der Waals surface area (Å²) in [5, 5.41) is 7.59. The maximum atomic E-state index is 13.7. The number of nitrogens with one attached hydrogen (secondary N) is 2. The number of fused-ring (bicyclic) bond motifs is 1. The number of benzene rings is 3. The Labute approximate surface area is 212 Å². The van der Waals surface area contributed by atoms with Crippen molar-refractivity contribution in [3.8, 4) is 0 Å². The summed E-state index contributed by atoms with van der Waals surface area (Å²) >= 11 is 0. The van der Waals surface area contributed by atoms with E-state index < -0.39 is 17.7 Å². The van der Waals surface area contributed by atoms with E-state index in [1.54, 1.807) is 20.8 Å². The summed E-state index contributed by atoms with van der Waals surface area (Å²) in [6, 6.07) is 20.3. The Hall–Kier alpha value is -3.87. The topological polar surface area (TPSA) is 87.7 Å². The molecule has 0 aliphatic carbocycles. The number of rotatable bonds is 8. The first-order valence-electron chi connectivity index (χ1n) is 12.2. The van der Waals surface area contributed by atoms with Crippen LogP contribution >= 0.6 is 0 Å². The summed E-state index contributed by atoms with van der Waals surface area (Å²) in [5.74, 6) is -0.696. The number of alkyl carbamates (subject to hydrolysis) is 1. The first kappa shape index (κ1) is 26.7. The van der Waals surface area contributed by atoms with Crippen molar-refractivity contribution in [2.75, 3.05) is 18.4 Å². The van der Waals surface area contributed by atoms with Gasteiger partial charge in [0.15, 0.2) is 0 Å². The summed E-state index contributed by atoms with van der Waals surface area (Å²) in [7, 11) is 0. The summed E-state index contributed by atoms with van der Waals surface area (Å²) in [5.41, 5.74) is 1.64. The number of hydrogen-bond donors (Lipinski definition) is 2. The summed E-state index contributed by atoms with van der Waals surface area (Å²) < 4.78 is 5.25. The van der Waals surface area contributed by atoms with E-state index in [0.717, 1.165) is 16.3 Å². The Morgan fingerprint density at radius 3 is 2.33 bits per heavy atom. The van der Waals surface area contributed by atoms with E-state index >= 15 is 0 Å². The van der Waals surface area contributed by atoms with Crippen molar-refractivity contribution >= 4 is 34.4 Å². The van der Waals surface area contributed by atoms with Gasteiger partial charge in [-0.2, -0.15) is 0 Å². The maximum absolute atomic E-state index is 13.7. The predicted molar refractivity (Wildman–Crippen MR) is 143 cm³/mol. The molecule has 7 heteroatoms. The van der Waals surface area contributed by atoms with Crippen LogP contribution < -0.4 is 10.6 Å². The van der Waals surface area contributed by atoms with Gasteiger partial charge in [0, 0.05) is 12.2 Å². The van der Waals surface area contributed by atoms with Crippen molar-refractivity contribution in [1.29, 1.82) is 0 Å². The van der Waals surface area contributed by atoms with Gasteiger partial charge in [0.2, 0.25) is 5.91 Å². The highest BCUT2D eigenvalue weighted by Gasteiger charge is 2.31. The highest BCUT2D eigenvalue weighted by molar-refractivity contribution is 6.00. The van der Waals surface area contributed by atoms with Gasteiger partial charge in [0.05, 0.1) is 0 Å². The van der Waals surface area contributed by atoms with Crippen molar-refractivity contribution in [2.45, 2.75) is 52.7 Å². The Bertz CT molecular complexity index is 1230. The summed E-state index contributed by atoms with van der Waals surface area (Å²) in [4.78, 5) is 40.6. The van der Waals surface area contributed by atoms with Gasteiger partial charge < -0.3 is 20.3 Å². The van der Waals surface area contributed by atoms with Crippen LogP contribution in [0.4, 0.5) is 10.5 Å². The van der Waals surface area contributed by atoms with Gasteiger partial charge in [-0.05, 0) is 62.6 Å². The monoisotopic (exact) mass is 489 g/mol.